The zero-order chi connectivity index (χ0) is 28.2. The molecule has 0 aliphatic carbocycles. The van der Waals surface area contributed by atoms with Crippen LogP contribution in [0.1, 0.15) is 51.3 Å². The molecule has 0 atom stereocenters. The fourth-order valence-electron chi connectivity index (χ4n) is 5.78. The van der Waals surface area contributed by atoms with Crippen molar-refractivity contribution < 1.29 is 18.8 Å². The number of anilines is 1. The molecule has 41 heavy (non-hydrogen) atoms. The van der Waals surface area contributed by atoms with Crippen LogP contribution in [0.25, 0.3) is 11.1 Å². The summed E-state index contributed by atoms with van der Waals surface area (Å²) < 4.78 is 17.5. The van der Waals surface area contributed by atoms with Gasteiger partial charge in [0.2, 0.25) is 0 Å². The number of benzene rings is 2. The number of ether oxygens (including phenoxy) is 2. The van der Waals surface area contributed by atoms with Gasteiger partial charge in [-0.2, -0.15) is 0 Å². The summed E-state index contributed by atoms with van der Waals surface area (Å²) in [6, 6.07) is 18.4. The highest BCUT2D eigenvalue weighted by Gasteiger charge is 2.21. The molecule has 4 heterocycles. The smallest absolute Gasteiger partial charge is 0.254 e. The second-order valence-electron chi connectivity index (χ2n) is 10.8. The Kier molecular flexibility index (Phi) is 8.00. The minimum atomic E-state index is -0.0142. The Morgan fingerprint density at radius 1 is 0.902 bits per heavy atom. The molecule has 4 aromatic rings. The highest BCUT2D eigenvalue weighted by molar-refractivity contribution is 5.94. The van der Waals surface area contributed by atoms with Gasteiger partial charge in [-0.3, -0.25) is 4.79 Å². The number of hydrogen-bond donors (Lipinski definition) is 0. The Labute approximate surface area is 240 Å². The van der Waals surface area contributed by atoms with E-state index in [0.717, 1.165) is 76.8 Å². The second-order valence-corrected chi connectivity index (χ2v) is 10.8. The second kappa shape index (κ2) is 12.1. The summed E-state index contributed by atoms with van der Waals surface area (Å²) in [7, 11) is 0. The normalized spacial score (nSPS) is 16.1. The number of carbonyl (C=O) groups excluding carboxylic acids is 1. The molecular formula is C33H36N4O4. The fraction of sp³-hybridized carbons (Fsp3) is 0.364. The number of fused-ring (bicyclic) bond motifs is 3. The van der Waals surface area contributed by atoms with Crippen LogP contribution < -0.4 is 9.64 Å². The van der Waals surface area contributed by atoms with Gasteiger partial charge in [0.1, 0.15) is 23.9 Å². The molecule has 8 heteroatoms. The van der Waals surface area contributed by atoms with E-state index < -0.39 is 0 Å². The Balaban J connectivity index is 1.28. The van der Waals surface area contributed by atoms with E-state index in [2.05, 4.69) is 51.4 Å². The maximum Gasteiger partial charge on any atom is 0.254 e. The van der Waals surface area contributed by atoms with Crippen molar-refractivity contribution in [2.24, 2.45) is 0 Å². The number of aromatic nitrogens is 2. The molecule has 212 valence electrons. The van der Waals surface area contributed by atoms with Crippen molar-refractivity contribution in [1.29, 1.82) is 0 Å². The van der Waals surface area contributed by atoms with E-state index >= 15 is 0 Å². The van der Waals surface area contributed by atoms with Crippen molar-refractivity contribution in [2.45, 2.75) is 39.7 Å². The first-order valence-corrected chi connectivity index (χ1v) is 14.4. The molecular weight excluding hydrogens is 516 g/mol. The maximum atomic E-state index is 13.8. The van der Waals surface area contributed by atoms with E-state index in [-0.39, 0.29) is 5.91 Å². The number of carbonyl (C=O) groups is 1. The lowest BCUT2D eigenvalue weighted by molar-refractivity contribution is 0.0571. The molecule has 1 saturated heterocycles. The third kappa shape index (κ3) is 6.12. The van der Waals surface area contributed by atoms with Crippen LogP contribution in [-0.4, -0.2) is 60.4 Å². The zero-order valence-electron chi connectivity index (χ0n) is 23.8. The summed E-state index contributed by atoms with van der Waals surface area (Å²) in [4.78, 5) is 22.4. The molecule has 2 aliphatic rings. The first kappa shape index (κ1) is 27.0. The SMILES string of the molecule is Cc1noc(C)c1-c1ccc2c(c1)Cc1cccc(c1)CN(C(=O)c1ccnc(N3CCCC3)c1)CCOCCO2. The molecule has 2 bridgehead atoms. The summed E-state index contributed by atoms with van der Waals surface area (Å²) in [5.74, 6) is 2.50. The number of amides is 1. The summed E-state index contributed by atoms with van der Waals surface area (Å²) in [6.07, 6.45) is 4.76. The lowest BCUT2D eigenvalue weighted by Crippen LogP contribution is -2.34. The standard InChI is InChI=1S/C33H36N4O4/c1-23-32(24(2)41-35-23)27-8-9-30-29(20-27)19-25-6-5-7-26(18-25)22-37(14-15-39-16-17-40-30)33(38)28-10-11-34-31(21-28)36-12-3-4-13-36/h5-11,18,20-21H,3-4,12-17,19,22H2,1-2H3. The van der Waals surface area contributed by atoms with Gasteiger partial charge in [0.25, 0.3) is 5.91 Å². The van der Waals surface area contributed by atoms with Crippen molar-refractivity contribution in [2.75, 3.05) is 44.4 Å². The molecule has 0 unspecified atom stereocenters. The zero-order valence-corrected chi connectivity index (χ0v) is 23.8. The van der Waals surface area contributed by atoms with Crippen LogP contribution >= 0.6 is 0 Å². The van der Waals surface area contributed by atoms with Gasteiger partial charge < -0.3 is 23.8 Å². The molecule has 0 radical (unpaired) electrons. The summed E-state index contributed by atoms with van der Waals surface area (Å²) in [6.45, 7) is 8.15. The van der Waals surface area contributed by atoms with Crippen molar-refractivity contribution in [3.63, 3.8) is 0 Å². The number of pyridine rings is 1. The Morgan fingerprint density at radius 2 is 1.76 bits per heavy atom. The van der Waals surface area contributed by atoms with Gasteiger partial charge in [-0.05, 0) is 73.2 Å². The summed E-state index contributed by atoms with van der Waals surface area (Å²) >= 11 is 0. The van der Waals surface area contributed by atoms with Gasteiger partial charge in [-0.15, -0.1) is 0 Å². The van der Waals surface area contributed by atoms with Crippen molar-refractivity contribution in [3.05, 3.63) is 94.5 Å². The summed E-state index contributed by atoms with van der Waals surface area (Å²) in [5, 5.41) is 4.13. The van der Waals surface area contributed by atoms with Gasteiger partial charge >= 0.3 is 0 Å². The summed E-state index contributed by atoms with van der Waals surface area (Å²) in [5.41, 5.74) is 6.91. The molecule has 0 saturated carbocycles. The van der Waals surface area contributed by atoms with E-state index in [9.17, 15) is 4.79 Å². The van der Waals surface area contributed by atoms with Crippen LogP contribution in [0.15, 0.2) is 65.3 Å². The fourth-order valence-corrected chi connectivity index (χ4v) is 5.78. The number of nitrogens with zero attached hydrogens (tertiary/aromatic N) is 4. The molecule has 6 rings (SSSR count). The van der Waals surface area contributed by atoms with Crippen molar-refractivity contribution in [3.8, 4) is 16.9 Å². The minimum Gasteiger partial charge on any atom is -0.491 e. The highest BCUT2D eigenvalue weighted by atomic mass is 16.5. The van der Waals surface area contributed by atoms with Gasteiger partial charge in [0.15, 0.2) is 0 Å². The van der Waals surface area contributed by atoms with Crippen LogP contribution in [0.5, 0.6) is 5.75 Å². The molecule has 2 aliphatic heterocycles. The van der Waals surface area contributed by atoms with Gasteiger partial charge in [0.05, 0.1) is 18.9 Å². The molecule has 1 amide bonds. The maximum absolute atomic E-state index is 13.8. The van der Waals surface area contributed by atoms with Crippen LogP contribution in [-0.2, 0) is 17.7 Å². The van der Waals surface area contributed by atoms with E-state index in [4.69, 9.17) is 14.0 Å². The number of rotatable bonds is 3. The van der Waals surface area contributed by atoms with Crippen LogP contribution in [0, 0.1) is 13.8 Å². The average molecular weight is 553 g/mol. The Bertz CT molecular complexity index is 1510. The Morgan fingerprint density at radius 3 is 2.59 bits per heavy atom. The molecule has 1 fully saturated rings. The molecule has 8 nitrogen and oxygen atoms in total. The predicted octanol–water partition coefficient (Wildman–Crippen LogP) is 5.60. The lowest BCUT2D eigenvalue weighted by atomic mass is 9.96. The predicted molar refractivity (Wildman–Crippen MR) is 157 cm³/mol. The van der Waals surface area contributed by atoms with Crippen molar-refractivity contribution in [1.82, 2.24) is 15.0 Å². The van der Waals surface area contributed by atoms with Gasteiger partial charge in [0, 0.05) is 49.9 Å². The number of hydrogen-bond acceptors (Lipinski definition) is 7. The lowest BCUT2D eigenvalue weighted by Gasteiger charge is -2.24. The third-order valence-electron chi connectivity index (χ3n) is 7.84. The van der Waals surface area contributed by atoms with Crippen LogP contribution in [0.4, 0.5) is 5.82 Å². The molecule has 2 aromatic carbocycles. The first-order chi connectivity index (χ1) is 20.0. The van der Waals surface area contributed by atoms with Gasteiger partial charge in [-0.25, -0.2) is 4.98 Å². The van der Waals surface area contributed by atoms with Gasteiger partial charge in [-0.1, -0.05) is 35.5 Å². The highest BCUT2D eigenvalue weighted by Crippen LogP contribution is 2.32. The number of aryl methyl sites for hydroxylation is 2. The topological polar surface area (TPSA) is 80.9 Å². The third-order valence-corrected chi connectivity index (χ3v) is 7.84. The molecule has 0 N–H and O–H groups in total. The minimum absolute atomic E-state index is 0.0142. The van der Waals surface area contributed by atoms with E-state index in [0.29, 0.717) is 44.9 Å². The quantitative estimate of drug-likeness (QED) is 0.328. The van der Waals surface area contributed by atoms with E-state index in [1.807, 2.05) is 36.9 Å². The molecule has 2 aromatic heterocycles. The van der Waals surface area contributed by atoms with Crippen molar-refractivity contribution >= 4 is 11.7 Å². The average Bonchev–Trinajstić information content (AvgIpc) is 3.64. The largest absolute Gasteiger partial charge is 0.491 e. The van der Waals surface area contributed by atoms with Crippen LogP contribution in [0.3, 0.4) is 0 Å². The van der Waals surface area contributed by atoms with E-state index in [1.165, 1.54) is 0 Å². The Hall–Kier alpha value is -4.17. The molecule has 0 spiro atoms. The van der Waals surface area contributed by atoms with Crippen LogP contribution in [0.2, 0.25) is 0 Å². The van der Waals surface area contributed by atoms with E-state index in [1.54, 1.807) is 6.20 Å². The monoisotopic (exact) mass is 552 g/mol. The first-order valence-electron chi connectivity index (χ1n) is 14.4.